The molecular formula is C32H38N4O6S. The second-order valence-electron chi connectivity index (χ2n) is 11.0. The van der Waals surface area contributed by atoms with Crippen molar-refractivity contribution >= 4 is 51.4 Å². The summed E-state index contributed by atoms with van der Waals surface area (Å²) >= 11 is 0.888. The van der Waals surface area contributed by atoms with Crippen molar-refractivity contribution in [2.24, 2.45) is 5.92 Å². The topological polar surface area (TPSA) is 138 Å². The van der Waals surface area contributed by atoms with Crippen LogP contribution in [0.5, 0.6) is 5.75 Å². The minimum Gasteiger partial charge on any atom is -0.497 e. The van der Waals surface area contributed by atoms with Gasteiger partial charge in [-0.1, -0.05) is 37.7 Å². The third kappa shape index (κ3) is 7.84. The molecule has 0 aliphatic carbocycles. The molecule has 1 aliphatic rings. The van der Waals surface area contributed by atoms with Gasteiger partial charge >= 0.3 is 0 Å². The lowest BCUT2D eigenvalue weighted by Gasteiger charge is -2.23. The molecule has 1 aromatic heterocycles. The van der Waals surface area contributed by atoms with Gasteiger partial charge in [0.25, 0.3) is 11.8 Å². The SMILES string of the molecule is COc1ccc2c(CCNC(=O)[C@H](CC(C)C)NC(=O)C(CCCN3C(=O)c4ccccc4C3=O)SC(C)=O)c[nH]c2c1. The number of thioether (sulfide) groups is 1. The van der Waals surface area contributed by atoms with Crippen LogP contribution in [0.1, 0.15) is 66.3 Å². The van der Waals surface area contributed by atoms with E-state index >= 15 is 0 Å². The Morgan fingerprint density at radius 2 is 1.72 bits per heavy atom. The minimum atomic E-state index is -0.772. The number of ether oxygens (including phenoxy) is 1. The van der Waals surface area contributed by atoms with Crippen LogP contribution < -0.4 is 15.4 Å². The number of hydrogen-bond donors (Lipinski definition) is 3. The second kappa shape index (κ2) is 14.4. The number of nitrogens with zero attached hydrogens (tertiary/aromatic N) is 1. The number of benzene rings is 2. The van der Waals surface area contributed by atoms with Gasteiger partial charge in [0.1, 0.15) is 11.8 Å². The number of methoxy groups -OCH3 is 1. The Morgan fingerprint density at radius 3 is 2.35 bits per heavy atom. The Kier molecular flexibility index (Phi) is 10.6. The van der Waals surface area contributed by atoms with Crippen LogP contribution in [0.15, 0.2) is 48.7 Å². The zero-order chi connectivity index (χ0) is 31.1. The van der Waals surface area contributed by atoms with E-state index in [4.69, 9.17) is 4.74 Å². The minimum absolute atomic E-state index is 0.130. The molecule has 0 saturated carbocycles. The third-order valence-electron chi connectivity index (χ3n) is 7.34. The molecule has 2 aromatic carbocycles. The number of nitrogens with one attached hydrogen (secondary N) is 3. The monoisotopic (exact) mass is 606 g/mol. The van der Waals surface area contributed by atoms with Crippen molar-refractivity contribution in [3.8, 4) is 5.75 Å². The molecule has 3 N–H and O–H groups in total. The summed E-state index contributed by atoms with van der Waals surface area (Å²) in [5.41, 5.74) is 2.74. The molecule has 4 amide bonds. The van der Waals surface area contributed by atoms with Crippen LogP contribution >= 0.6 is 11.8 Å². The van der Waals surface area contributed by atoms with Gasteiger partial charge in [-0.05, 0) is 61.4 Å². The average Bonchev–Trinajstić information content (AvgIpc) is 3.49. The van der Waals surface area contributed by atoms with Crippen LogP contribution in [0.25, 0.3) is 10.9 Å². The summed E-state index contributed by atoms with van der Waals surface area (Å²) in [5.74, 6) is -0.544. The zero-order valence-corrected chi connectivity index (χ0v) is 25.7. The molecule has 0 radical (unpaired) electrons. The molecule has 228 valence electrons. The molecule has 0 fully saturated rings. The standard InChI is InChI=1S/C32H38N4O6S/c1-19(2)16-27(29(38)33-14-13-21-18-34-26-17-22(42-4)11-12-23(21)26)35-30(39)28(43-20(3)37)10-7-15-36-31(40)24-8-5-6-9-25(24)32(36)41/h5-6,8-9,11-12,17-19,27-28,34H,7,10,13-16H2,1-4H3,(H,33,38)(H,35,39)/t27-,28?/m0/s1. The van der Waals surface area contributed by atoms with Crippen LogP contribution in [0.3, 0.4) is 0 Å². The fraction of sp³-hybridized carbons (Fsp3) is 0.406. The molecule has 0 bridgehead atoms. The first kappa shape index (κ1) is 31.8. The molecule has 1 unspecified atom stereocenters. The van der Waals surface area contributed by atoms with Crippen LogP contribution in [0, 0.1) is 5.92 Å². The lowest BCUT2D eigenvalue weighted by Crippen LogP contribution is -2.50. The summed E-state index contributed by atoms with van der Waals surface area (Å²) in [5, 5.41) is 5.86. The van der Waals surface area contributed by atoms with Crippen LogP contribution in [0.2, 0.25) is 0 Å². The van der Waals surface area contributed by atoms with E-state index in [0.717, 1.165) is 34.0 Å². The van der Waals surface area contributed by atoms with Gasteiger partial charge in [0, 0.05) is 43.2 Å². The predicted molar refractivity (Wildman–Crippen MR) is 166 cm³/mol. The van der Waals surface area contributed by atoms with Crippen molar-refractivity contribution in [1.82, 2.24) is 20.5 Å². The molecule has 0 spiro atoms. The molecule has 10 nitrogen and oxygen atoms in total. The highest BCUT2D eigenvalue weighted by Gasteiger charge is 2.35. The van der Waals surface area contributed by atoms with Gasteiger partial charge in [0.15, 0.2) is 5.12 Å². The van der Waals surface area contributed by atoms with Crippen molar-refractivity contribution in [3.05, 3.63) is 65.4 Å². The average molecular weight is 607 g/mol. The summed E-state index contributed by atoms with van der Waals surface area (Å²) in [6.45, 7) is 5.83. The highest BCUT2D eigenvalue weighted by Crippen LogP contribution is 2.25. The number of carbonyl (C=O) groups excluding carboxylic acids is 5. The summed E-state index contributed by atoms with van der Waals surface area (Å²) < 4.78 is 5.28. The predicted octanol–water partition coefficient (Wildman–Crippen LogP) is 4.09. The fourth-order valence-corrected chi connectivity index (χ4v) is 6.09. The molecule has 1 aliphatic heterocycles. The first-order valence-electron chi connectivity index (χ1n) is 14.4. The molecule has 11 heteroatoms. The van der Waals surface area contributed by atoms with Crippen molar-refractivity contribution in [3.63, 3.8) is 0 Å². The molecule has 2 heterocycles. The largest absolute Gasteiger partial charge is 0.497 e. The van der Waals surface area contributed by atoms with E-state index in [1.54, 1.807) is 31.4 Å². The lowest BCUT2D eigenvalue weighted by molar-refractivity contribution is -0.129. The van der Waals surface area contributed by atoms with Gasteiger partial charge in [-0.15, -0.1) is 0 Å². The van der Waals surface area contributed by atoms with Crippen LogP contribution in [-0.4, -0.2) is 70.1 Å². The van der Waals surface area contributed by atoms with Gasteiger partial charge in [-0.25, -0.2) is 0 Å². The number of hydrogen-bond acceptors (Lipinski definition) is 7. The highest BCUT2D eigenvalue weighted by atomic mass is 32.2. The number of fused-ring (bicyclic) bond motifs is 2. The van der Waals surface area contributed by atoms with Crippen molar-refractivity contribution < 1.29 is 28.7 Å². The highest BCUT2D eigenvalue weighted by molar-refractivity contribution is 8.14. The van der Waals surface area contributed by atoms with E-state index < -0.39 is 17.2 Å². The molecule has 3 aromatic rings. The first-order valence-corrected chi connectivity index (χ1v) is 15.3. The number of aromatic amines is 1. The van der Waals surface area contributed by atoms with Crippen molar-refractivity contribution in [2.75, 3.05) is 20.2 Å². The summed E-state index contributed by atoms with van der Waals surface area (Å²) in [6, 6.07) is 11.7. The number of aromatic nitrogens is 1. The van der Waals surface area contributed by atoms with Crippen LogP contribution in [0.4, 0.5) is 0 Å². The lowest BCUT2D eigenvalue weighted by atomic mass is 10.0. The number of imide groups is 1. The summed E-state index contributed by atoms with van der Waals surface area (Å²) in [4.78, 5) is 68.3. The fourth-order valence-electron chi connectivity index (χ4n) is 5.23. The second-order valence-corrected chi connectivity index (χ2v) is 12.4. The van der Waals surface area contributed by atoms with E-state index in [0.29, 0.717) is 36.9 Å². The van der Waals surface area contributed by atoms with Gasteiger partial charge in [0.2, 0.25) is 11.8 Å². The summed E-state index contributed by atoms with van der Waals surface area (Å²) in [7, 11) is 1.62. The van der Waals surface area contributed by atoms with E-state index in [-0.39, 0.29) is 41.7 Å². The number of carbonyl (C=O) groups is 5. The number of amides is 4. The first-order chi connectivity index (χ1) is 20.6. The Labute approximate surface area is 255 Å². The third-order valence-corrected chi connectivity index (χ3v) is 8.40. The molecule has 0 saturated heterocycles. The van der Waals surface area contributed by atoms with Crippen LogP contribution in [-0.2, 0) is 20.8 Å². The molecule has 4 rings (SSSR count). The molecule has 2 atom stereocenters. The maximum Gasteiger partial charge on any atom is 0.261 e. The molecule has 43 heavy (non-hydrogen) atoms. The van der Waals surface area contributed by atoms with Crippen molar-refractivity contribution in [2.45, 2.75) is 57.7 Å². The Bertz CT molecular complexity index is 1480. The van der Waals surface area contributed by atoms with E-state index in [1.807, 2.05) is 38.2 Å². The maximum atomic E-state index is 13.3. The van der Waals surface area contributed by atoms with E-state index in [9.17, 15) is 24.0 Å². The normalized spacial score (nSPS) is 14.1. The molecular weight excluding hydrogens is 568 g/mol. The van der Waals surface area contributed by atoms with Gasteiger partial charge in [0.05, 0.1) is 23.5 Å². The Balaban J connectivity index is 1.33. The number of H-pyrrole nitrogens is 1. The van der Waals surface area contributed by atoms with Gasteiger partial charge in [-0.3, -0.25) is 28.9 Å². The van der Waals surface area contributed by atoms with E-state index in [2.05, 4.69) is 15.6 Å². The van der Waals surface area contributed by atoms with Gasteiger partial charge < -0.3 is 20.4 Å². The Morgan fingerprint density at radius 1 is 1.02 bits per heavy atom. The maximum absolute atomic E-state index is 13.3. The Hall–Kier alpha value is -4.12. The van der Waals surface area contributed by atoms with Crippen molar-refractivity contribution in [1.29, 1.82) is 0 Å². The zero-order valence-electron chi connectivity index (χ0n) is 24.9. The van der Waals surface area contributed by atoms with Gasteiger partial charge in [-0.2, -0.15) is 0 Å². The smallest absolute Gasteiger partial charge is 0.261 e. The quantitative estimate of drug-likeness (QED) is 0.235. The van der Waals surface area contributed by atoms with E-state index in [1.165, 1.54) is 11.8 Å². The summed E-state index contributed by atoms with van der Waals surface area (Å²) in [6.07, 6.45) is 3.53. The number of rotatable bonds is 14.